The Labute approximate surface area is 215 Å². The lowest BCUT2D eigenvalue weighted by Crippen LogP contribution is -2.21. The average molecular weight is 496 g/mol. The Hall–Kier alpha value is -4.22. The quantitative estimate of drug-likeness (QED) is 0.244. The van der Waals surface area contributed by atoms with Gasteiger partial charge in [-0.25, -0.2) is 0 Å². The molecule has 1 N–H and O–H groups in total. The van der Waals surface area contributed by atoms with E-state index >= 15 is 0 Å². The van der Waals surface area contributed by atoms with Crippen molar-refractivity contribution >= 4 is 45.5 Å². The third-order valence-corrected chi connectivity index (χ3v) is 6.42. The number of carbonyl (C=O) groups is 1. The van der Waals surface area contributed by atoms with Gasteiger partial charge in [-0.05, 0) is 48.5 Å². The number of para-hydroxylation sites is 5. The summed E-state index contributed by atoms with van der Waals surface area (Å²) in [6.45, 7) is 0.864. The van der Waals surface area contributed by atoms with Crippen molar-refractivity contribution in [3.8, 4) is 5.75 Å². The van der Waals surface area contributed by atoms with Crippen LogP contribution in [0.3, 0.4) is 0 Å². The fourth-order valence-corrected chi connectivity index (χ4v) is 4.49. The van der Waals surface area contributed by atoms with Gasteiger partial charge in [-0.1, -0.05) is 72.3 Å². The van der Waals surface area contributed by atoms with Crippen LogP contribution in [0.2, 0.25) is 5.02 Å². The van der Waals surface area contributed by atoms with Crippen molar-refractivity contribution in [2.75, 3.05) is 23.9 Å². The van der Waals surface area contributed by atoms with E-state index in [-0.39, 0.29) is 5.91 Å². The Kier molecular flexibility index (Phi) is 6.92. The summed E-state index contributed by atoms with van der Waals surface area (Å²) in [7, 11) is 1.99. The van der Waals surface area contributed by atoms with Crippen molar-refractivity contribution in [1.82, 2.24) is 4.57 Å². The standard InChI is InChI=1S/C30H26ClN3O2/c1-33(23-12-3-2-4-13-23)27-17-9-7-15-25(27)32-30(35)28-21-22-11-5-8-16-26(22)34(28)19-20-36-29-18-10-6-14-24(29)31/h2-18,21H,19-20H2,1H3,(H,32,35). The third kappa shape index (κ3) is 4.92. The monoisotopic (exact) mass is 495 g/mol. The Balaban J connectivity index is 1.41. The maximum Gasteiger partial charge on any atom is 0.272 e. The van der Waals surface area contributed by atoms with E-state index in [0.29, 0.717) is 29.6 Å². The van der Waals surface area contributed by atoms with Gasteiger partial charge >= 0.3 is 0 Å². The third-order valence-electron chi connectivity index (χ3n) is 6.11. The molecular weight excluding hydrogens is 470 g/mol. The zero-order valence-electron chi connectivity index (χ0n) is 19.9. The molecule has 180 valence electrons. The van der Waals surface area contributed by atoms with Crippen LogP contribution in [0.1, 0.15) is 10.5 Å². The summed E-state index contributed by atoms with van der Waals surface area (Å²) >= 11 is 6.24. The maximum atomic E-state index is 13.6. The van der Waals surface area contributed by atoms with Gasteiger partial charge in [0.15, 0.2) is 0 Å². The molecule has 0 unspecified atom stereocenters. The molecule has 0 spiro atoms. The first-order chi connectivity index (χ1) is 17.6. The van der Waals surface area contributed by atoms with Gasteiger partial charge in [0.1, 0.15) is 18.1 Å². The second kappa shape index (κ2) is 10.6. The van der Waals surface area contributed by atoms with Gasteiger partial charge in [0, 0.05) is 23.6 Å². The van der Waals surface area contributed by atoms with Crippen LogP contribution in [0.15, 0.2) is 109 Å². The number of aromatic nitrogens is 1. The molecule has 6 heteroatoms. The predicted molar refractivity (Wildman–Crippen MR) is 148 cm³/mol. The fourth-order valence-electron chi connectivity index (χ4n) is 4.30. The van der Waals surface area contributed by atoms with Crippen LogP contribution in [-0.4, -0.2) is 24.1 Å². The Morgan fingerprint density at radius 1 is 0.889 bits per heavy atom. The molecule has 1 heterocycles. The molecule has 5 nitrogen and oxygen atoms in total. The van der Waals surface area contributed by atoms with Crippen molar-refractivity contribution in [2.45, 2.75) is 6.54 Å². The number of amides is 1. The molecular formula is C30H26ClN3O2. The first-order valence-electron chi connectivity index (χ1n) is 11.8. The second-order valence-electron chi connectivity index (χ2n) is 8.38. The number of carbonyl (C=O) groups excluding carboxylic acids is 1. The number of hydrogen-bond donors (Lipinski definition) is 1. The van der Waals surface area contributed by atoms with E-state index in [9.17, 15) is 4.79 Å². The minimum atomic E-state index is -0.183. The number of hydrogen-bond acceptors (Lipinski definition) is 3. The molecule has 36 heavy (non-hydrogen) atoms. The van der Waals surface area contributed by atoms with Crippen LogP contribution in [0.4, 0.5) is 17.1 Å². The Morgan fingerprint density at radius 3 is 2.42 bits per heavy atom. The summed E-state index contributed by atoms with van der Waals surface area (Å²) in [5.41, 5.74) is 4.21. The number of benzene rings is 4. The highest BCUT2D eigenvalue weighted by Crippen LogP contribution is 2.31. The van der Waals surface area contributed by atoms with Gasteiger partial charge in [0.2, 0.25) is 0 Å². The Bertz CT molecular complexity index is 1500. The van der Waals surface area contributed by atoms with E-state index in [1.807, 2.05) is 115 Å². The highest BCUT2D eigenvalue weighted by molar-refractivity contribution is 6.32. The number of nitrogens with one attached hydrogen (secondary N) is 1. The highest BCUT2D eigenvalue weighted by atomic mass is 35.5. The lowest BCUT2D eigenvalue weighted by Gasteiger charge is -2.23. The SMILES string of the molecule is CN(c1ccccc1)c1ccccc1NC(=O)c1cc2ccccc2n1CCOc1ccccc1Cl. The van der Waals surface area contributed by atoms with Crippen molar-refractivity contribution in [3.05, 3.63) is 120 Å². The minimum absolute atomic E-state index is 0.183. The summed E-state index contributed by atoms with van der Waals surface area (Å²) in [6.07, 6.45) is 0. The number of anilines is 3. The summed E-state index contributed by atoms with van der Waals surface area (Å²) in [6, 6.07) is 35.1. The first-order valence-corrected chi connectivity index (χ1v) is 12.1. The van der Waals surface area contributed by atoms with Gasteiger partial charge in [-0.3, -0.25) is 4.79 Å². The molecule has 0 aliphatic heterocycles. The second-order valence-corrected chi connectivity index (χ2v) is 8.79. The molecule has 5 rings (SSSR count). The summed E-state index contributed by atoms with van der Waals surface area (Å²) in [5.74, 6) is 0.442. The molecule has 0 aliphatic carbocycles. The Morgan fingerprint density at radius 2 is 1.58 bits per heavy atom. The molecule has 0 fully saturated rings. The van der Waals surface area contributed by atoms with E-state index in [4.69, 9.17) is 16.3 Å². The molecule has 4 aromatic carbocycles. The topological polar surface area (TPSA) is 46.5 Å². The van der Waals surface area contributed by atoms with Crippen molar-refractivity contribution in [3.63, 3.8) is 0 Å². The van der Waals surface area contributed by atoms with Gasteiger partial charge in [-0.15, -0.1) is 0 Å². The van der Waals surface area contributed by atoms with Gasteiger partial charge in [0.25, 0.3) is 5.91 Å². The van der Waals surface area contributed by atoms with E-state index < -0.39 is 0 Å². The van der Waals surface area contributed by atoms with E-state index in [2.05, 4.69) is 10.2 Å². The smallest absolute Gasteiger partial charge is 0.272 e. The largest absolute Gasteiger partial charge is 0.490 e. The zero-order valence-corrected chi connectivity index (χ0v) is 20.7. The first kappa shape index (κ1) is 23.5. The number of fused-ring (bicyclic) bond motifs is 1. The predicted octanol–water partition coefficient (Wildman–Crippen LogP) is 7.39. The molecule has 0 saturated carbocycles. The number of rotatable bonds is 8. The fraction of sp³-hybridized carbons (Fsp3) is 0.100. The van der Waals surface area contributed by atoms with Crippen LogP contribution < -0.4 is 15.0 Å². The molecule has 1 aromatic heterocycles. The van der Waals surface area contributed by atoms with Crippen molar-refractivity contribution in [2.24, 2.45) is 0 Å². The average Bonchev–Trinajstić information content (AvgIpc) is 3.29. The van der Waals surface area contributed by atoms with E-state index in [1.54, 1.807) is 6.07 Å². The van der Waals surface area contributed by atoms with E-state index in [1.165, 1.54) is 0 Å². The van der Waals surface area contributed by atoms with Gasteiger partial charge in [-0.2, -0.15) is 0 Å². The molecule has 0 bridgehead atoms. The van der Waals surface area contributed by atoms with Crippen LogP contribution in [0, 0.1) is 0 Å². The van der Waals surface area contributed by atoms with Crippen molar-refractivity contribution < 1.29 is 9.53 Å². The number of nitrogens with zero attached hydrogens (tertiary/aromatic N) is 2. The highest BCUT2D eigenvalue weighted by Gasteiger charge is 2.18. The van der Waals surface area contributed by atoms with E-state index in [0.717, 1.165) is 28.0 Å². The molecule has 0 aliphatic rings. The molecule has 5 aromatic rings. The van der Waals surface area contributed by atoms with Crippen LogP contribution in [-0.2, 0) is 6.54 Å². The molecule has 0 atom stereocenters. The zero-order chi connectivity index (χ0) is 24.9. The van der Waals surface area contributed by atoms with Crippen LogP contribution in [0.25, 0.3) is 10.9 Å². The van der Waals surface area contributed by atoms with Gasteiger partial charge in [0.05, 0.1) is 22.9 Å². The summed E-state index contributed by atoms with van der Waals surface area (Å²) in [5, 5.41) is 4.69. The lowest BCUT2D eigenvalue weighted by molar-refractivity contribution is 0.101. The lowest BCUT2D eigenvalue weighted by atomic mass is 10.2. The molecule has 1 amide bonds. The van der Waals surface area contributed by atoms with Crippen LogP contribution in [0.5, 0.6) is 5.75 Å². The maximum absolute atomic E-state index is 13.6. The minimum Gasteiger partial charge on any atom is -0.490 e. The van der Waals surface area contributed by atoms with Gasteiger partial charge < -0.3 is 19.5 Å². The number of ether oxygens (including phenoxy) is 1. The number of halogens is 1. The molecule has 0 saturated heterocycles. The normalized spacial score (nSPS) is 10.8. The van der Waals surface area contributed by atoms with Crippen molar-refractivity contribution in [1.29, 1.82) is 0 Å². The molecule has 0 radical (unpaired) electrons. The summed E-state index contributed by atoms with van der Waals surface area (Å²) < 4.78 is 7.91. The summed E-state index contributed by atoms with van der Waals surface area (Å²) in [4.78, 5) is 15.6. The van der Waals surface area contributed by atoms with Crippen LogP contribution >= 0.6 is 11.6 Å².